The number of ether oxygens (including phenoxy) is 2. The van der Waals surface area contributed by atoms with Crippen LogP contribution in [0.15, 0.2) is 54.9 Å². The molecule has 1 fully saturated rings. The first-order valence-electron chi connectivity index (χ1n) is 10.8. The zero-order valence-electron chi connectivity index (χ0n) is 18.5. The number of nitrogens with one attached hydrogen (secondary N) is 2. The van der Waals surface area contributed by atoms with Crippen LogP contribution in [0.4, 0.5) is 4.39 Å². The van der Waals surface area contributed by atoms with Gasteiger partial charge in [0.15, 0.2) is 0 Å². The lowest BCUT2D eigenvalue weighted by atomic mass is 10.0. The van der Waals surface area contributed by atoms with Gasteiger partial charge in [0.25, 0.3) is 5.91 Å². The number of methoxy groups -OCH3 is 1. The van der Waals surface area contributed by atoms with E-state index in [0.717, 1.165) is 22.4 Å². The normalized spacial score (nSPS) is 18.2. The van der Waals surface area contributed by atoms with Crippen LogP contribution < -0.4 is 0 Å². The molecule has 2 aromatic carbocycles. The van der Waals surface area contributed by atoms with Crippen LogP contribution in [0.5, 0.6) is 0 Å². The van der Waals surface area contributed by atoms with E-state index in [0.29, 0.717) is 36.2 Å². The number of hydrogen-bond donors (Lipinski definition) is 2. The Morgan fingerprint density at radius 1 is 1.21 bits per heavy atom. The quantitative estimate of drug-likeness (QED) is 0.466. The first kappa shape index (κ1) is 21.4. The van der Waals surface area contributed by atoms with Gasteiger partial charge in [-0.3, -0.25) is 9.89 Å². The highest BCUT2D eigenvalue weighted by Crippen LogP contribution is 2.28. The van der Waals surface area contributed by atoms with Gasteiger partial charge in [0, 0.05) is 42.5 Å². The highest BCUT2D eigenvalue weighted by molar-refractivity contribution is 6.07. The van der Waals surface area contributed by atoms with Gasteiger partial charge in [-0.2, -0.15) is 5.10 Å². The molecule has 1 aliphatic heterocycles. The summed E-state index contributed by atoms with van der Waals surface area (Å²) in [7, 11) is 1.61. The van der Waals surface area contributed by atoms with Crippen molar-refractivity contribution in [3.8, 4) is 11.1 Å². The van der Waals surface area contributed by atoms with Gasteiger partial charge in [0.05, 0.1) is 30.5 Å². The lowest BCUT2D eigenvalue weighted by Gasteiger charge is -2.31. The molecule has 0 aliphatic carbocycles. The van der Waals surface area contributed by atoms with Crippen molar-refractivity contribution in [3.05, 3.63) is 77.5 Å². The lowest BCUT2D eigenvalue weighted by Crippen LogP contribution is -2.46. The van der Waals surface area contributed by atoms with Crippen LogP contribution in [-0.4, -0.2) is 58.5 Å². The summed E-state index contributed by atoms with van der Waals surface area (Å²) in [6, 6.07) is 12.5. The van der Waals surface area contributed by atoms with Crippen LogP contribution in [-0.2, 0) is 16.0 Å². The van der Waals surface area contributed by atoms with Crippen LogP contribution in [0.3, 0.4) is 0 Å². The number of rotatable bonds is 6. The van der Waals surface area contributed by atoms with Crippen molar-refractivity contribution in [1.82, 2.24) is 20.1 Å². The summed E-state index contributed by atoms with van der Waals surface area (Å²) in [5.74, 6) is -0.693. The second-order valence-corrected chi connectivity index (χ2v) is 8.26. The largest absolute Gasteiger partial charge is 0.377 e. The monoisotopic (exact) mass is 448 g/mol. The molecule has 5 rings (SSSR count). The molecule has 1 aliphatic rings. The molecular formula is C25H25FN4O3. The molecule has 7 nitrogen and oxygen atoms in total. The highest BCUT2D eigenvalue weighted by Gasteiger charge is 2.37. The fraction of sp³-hybridized carbons (Fsp3) is 0.280. The Kier molecular flexibility index (Phi) is 5.70. The minimum Gasteiger partial charge on any atom is -0.377 e. The van der Waals surface area contributed by atoms with Crippen molar-refractivity contribution in [2.24, 2.45) is 0 Å². The molecule has 2 N–H and O–H groups in total. The minimum atomic E-state index is -0.428. The SMILES string of the molecule is CO[C@H]1COC[C@@H]1N(Cc1ccc(-c2c[nH]nc2C)cc1)C(=O)c1c[nH]c2cccc(F)c12. The molecule has 0 spiro atoms. The molecule has 170 valence electrons. The molecule has 2 atom stereocenters. The summed E-state index contributed by atoms with van der Waals surface area (Å²) in [6.45, 7) is 3.07. The Hall–Kier alpha value is -3.49. The van der Waals surface area contributed by atoms with E-state index in [4.69, 9.17) is 9.47 Å². The van der Waals surface area contributed by atoms with E-state index in [9.17, 15) is 9.18 Å². The average molecular weight is 448 g/mol. The van der Waals surface area contributed by atoms with Crippen LogP contribution in [0.25, 0.3) is 22.0 Å². The van der Waals surface area contributed by atoms with Crippen molar-refractivity contribution < 1.29 is 18.7 Å². The number of nitrogens with zero attached hydrogens (tertiary/aromatic N) is 2. The van der Waals surface area contributed by atoms with E-state index in [1.807, 2.05) is 37.4 Å². The van der Waals surface area contributed by atoms with Crippen molar-refractivity contribution >= 4 is 16.8 Å². The molecule has 33 heavy (non-hydrogen) atoms. The first-order chi connectivity index (χ1) is 16.1. The van der Waals surface area contributed by atoms with Crippen molar-refractivity contribution in [2.75, 3.05) is 20.3 Å². The summed E-state index contributed by atoms with van der Waals surface area (Å²) in [6.07, 6.45) is 3.19. The molecule has 0 radical (unpaired) electrons. The predicted molar refractivity (Wildman–Crippen MR) is 122 cm³/mol. The van der Waals surface area contributed by atoms with Gasteiger partial charge in [0.1, 0.15) is 11.9 Å². The molecule has 1 saturated heterocycles. The Morgan fingerprint density at radius 3 is 2.76 bits per heavy atom. The van der Waals surface area contributed by atoms with Gasteiger partial charge in [-0.15, -0.1) is 0 Å². The highest BCUT2D eigenvalue weighted by atomic mass is 19.1. The van der Waals surface area contributed by atoms with Gasteiger partial charge in [-0.1, -0.05) is 30.3 Å². The number of aryl methyl sites for hydroxylation is 1. The van der Waals surface area contributed by atoms with Gasteiger partial charge in [-0.05, 0) is 30.2 Å². The summed E-state index contributed by atoms with van der Waals surface area (Å²) in [5.41, 5.74) is 4.84. The number of H-pyrrole nitrogens is 2. The maximum atomic E-state index is 14.6. The molecule has 3 heterocycles. The number of aromatic nitrogens is 3. The fourth-order valence-electron chi connectivity index (χ4n) is 4.48. The van der Waals surface area contributed by atoms with E-state index in [1.165, 1.54) is 6.07 Å². The molecular weight excluding hydrogens is 423 g/mol. The fourth-order valence-corrected chi connectivity index (χ4v) is 4.48. The van der Waals surface area contributed by atoms with Crippen molar-refractivity contribution in [3.63, 3.8) is 0 Å². The Labute approximate surface area is 190 Å². The number of hydrogen-bond acceptors (Lipinski definition) is 4. The predicted octanol–water partition coefficient (Wildman–Crippen LogP) is 4.06. The smallest absolute Gasteiger partial charge is 0.256 e. The standard InChI is InChI=1S/C25H25FN4O3/c1-15-18(11-28-29-15)17-8-6-16(7-9-17)12-30(22-13-33-14-23(22)32-2)25(31)19-10-27-21-5-3-4-20(26)24(19)21/h3-11,22-23,27H,12-14H2,1-2H3,(H,28,29)/t22-,23-/m0/s1. The third-order valence-corrected chi connectivity index (χ3v) is 6.30. The number of fused-ring (bicyclic) bond motifs is 1. The topological polar surface area (TPSA) is 83.2 Å². The molecule has 0 saturated carbocycles. The molecule has 2 aromatic heterocycles. The van der Waals surface area contributed by atoms with E-state index < -0.39 is 5.82 Å². The first-order valence-corrected chi connectivity index (χ1v) is 10.8. The van der Waals surface area contributed by atoms with E-state index in [-0.39, 0.29) is 18.1 Å². The number of amides is 1. The average Bonchev–Trinajstić information content (AvgIpc) is 3.57. The zero-order chi connectivity index (χ0) is 22.9. The Balaban J connectivity index is 1.48. The van der Waals surface area contributed by atoms with E-state index in [2.05, 4.69) is 15.2 Å². The molecule has 0 unspecified atom stereocenters. The van der Waals surface area contributed by atoms with Gasteiger partial charge >= 0.3 is 0 Å². The van der Waals surface area contributed by atoms with Gasteiger partial charge < -0.3 is 19.4 Å². The van der Waals surface area contributed by atoms with Gasteiger partial charge in [-0.25, -0.2) is 4.39 Å². The van der Waals surface area contributed by atoms with E-state index >= 15 is 0 Å². The lowest BCUT2D eigenvalue weighted by molar-refractivity contribution is 0.0310. The number of aromatic amines is 2. The summed E-state index contributed by atoms with van der Waals surface area (Å²) < 4.78 is 25.8. The Morgan fingerprint density at radius 2 is 2.03 bits per heavy atom. The molecule has 0 bridgehead atoms. The third kappa shape index (κ3) is 3.92. The Bertz CT molecular complexity index is 1280. The number of halogens is 1. The van der Waals surface area contributed by atoms with Gasteiger partial charge in [0.2, 0.25) is 0 Å². The molecule has 8 heteroatoms. The summed E-state index contributed by atoms with van der Waals surface area (Å²) in [5, 5.41) is 7.35. The minimum absolute atomic E-state index is 0.253. The van der Waals surface area contributed by atoms with Crippen LogP contribution in [0.1, 0.15) is 21.6 Å². The van der Waals surface area contributed by atoms with Crippen LogP contribution >= 0.6 is 0 Å². The number of carbonyl (C=O) groups is 1. The van der Waals surface area contributed by atoms with Crippen molar-refractivity contribution in [2.45, 2.75) is 25.6 Å². The maximum Gasteiger partial charge on any atom is 0.256 e. The second-order valence-electron chi connectivity index (χ2n) is 8.26. The third-order valence-electron chi connectivity index (χ3n) is 6.30. The molecule has 4 aromatic rings. The second kappa shape index (κ2) is 8.80. The zero-order valence-corrected chi connectivity index (χ0v) is 18.5. The number of benzene rings is 2. The summed E-state index contributed by atoms with van der Waals surface area (Å²) >= 11 is 0. The van der Waals surface area contributed by atoms with Crippen molar-refractivity contribution in [1.29, 1.82) is 0 Å². The van der Waals surface area contributed by atoms with Crippen LogP contribution in [0.2, 0.25) is 0 Å². The van der Waals surface area contributed by atoms with E-state index in [1.54, 1.807) is 30.3 Å². The maximum absolute atomic E-state index is 14.6. The number of carbonyl (C=O) groups excluding carboxylic acids is 1. The molecule has 1 amide bonds. The summed E-state index contributed by atoms with van der Waals surface area (Å²) in [4.78, 5) is 18.5. The van der Waals surface area contributed by atoms with Crippen LogP contribution in [0, 0.1) is 12.7 Å².